The maximum absolute atomic E-state index is 12.6. The van der Waals surface area contributed by atoms with Crippen molar-refractivity contribution >= 4 is 22.5 Å². The number of piperidine rings is 1. The van der Waals surface area contributed by atoms with Crippen molar-refractivity contribution in [1.82, 2.24) is 5.06 Å². The van der Waals surface area contributed by atoms with Crippen LogP contribution in [0.25, 0.3) is 10.8 Å². The number of nitrogens with zero attached hydrogens (tertiary/aromatic N) is 1. The van der Waals surface area contributed by atoms with Crippen molar-refractivity contribution in [2.45, 2.75) is 58.7 Å². The van der Waals surface area contributed by atoms with Crippen molar-refractivity contribution in [2.75, 3.05) is 13.1 Å². The van der Waals surface area contributed by atoms with Gasteiger partial charge in [0.25, 0.3) is 0 Å². The number of carbonyl (C=O) groups is 2. The molecule has 2 atom stereocenters. The second kappa shape index (κ2) is 12.8. The lowest BCUT2D eigenvalue weighted by molar-refractivity contribution is -0.216. The van der Waals surface area contributed by atoms with Gasteiger partial charge in [0, 0.05) is 24.4 Å². The average Bonchev–Trinajstić information content (AvgIpc) is 2.99. The minimum atomic E-state index is -0.573. The van der Waals surface area contributed by atoms with E-state index in [-0.39, 0.29) is 23.8 Å². The summed E-state index contributed by atoms with van der Waals surface area (Å²) >= 11 is 0. The molecule has 4 aromatic rings. The molecular weight excluding hydrogens is 510 g/mol. The summed E-state index contributed by atoms with van der Waals surface area (Å²) in [6, 6.07) is 32.8. The molecule has 2 unspecified atom stereocenters. The first-order chi connectivity index (χ1) is 19.8. The average molecular weight is 550 g/mol. The van der Waals surface area contributed by atoms with Gasteiger partial charge in [0.1, 0.15) is 0 Å². The number of hydrogen-bond donors (Lipinski definition) is 0. The smallest absolute Gasteiger partial charge is 0.330 e. The number of rotatable bonds is 9. The van der Waals surface area contributed by atoms with Crippen LogP contribution in [0.2, 0.25) is 0 Å². The van der Waals surface area contributed by atoms with E-state index in [1.807, 2.05) is 63.2 Å². The Labute approximate surface area is 243 Å². The molecule has 0 aliphatic carbocycles. The quantitative estimate of drug-likeness (QED) is 0.202. The molecule has 4 aromatic carbocycles. The number of fused-ring (bicyclic) bond motifs is 1. The highest BCUT2D eigenvalue weighted by Gasteiger charge is 2.35. The Bertz CT molecular complexity index is 1470. The molecule has 1 fully saturated rings. The number of ether oxygens (including phenoxy) is 1. The second-order valence-electron chi connectivity index (χ2n) is 12.0. The molecule has 0 N–H and O–H groups in total. The van der Waals surface area contributed by atoms with Crippen molar-refractivity contribution in [3.63, 3.8) is 0 Å². The van der Waals surface area contributed by atoms with Crippen LogP contribution in [0.1, 0.15) is 66.6 Å². The van der Waals surface area contributed by atoms with Crippen molar-refractivity contribution < 1.29 is 19.2 Å². The van der Waals surface area contributed by atoms with Crippen LogP contribution in [0, 0.1) is 5.41 Å². The summed E-state index contributed by atoms with van der Waals surface area (Å²) in [7, 11) is 0. The van der Waals surface area contributed by atoms with E-state index in [1.165, 1.54) is 16.3 Å². The zero-order valence-electron chi connectivity index (χ0n) is 24.2. The Morgan fingerprint density at radius 3 is 2.24 bits per heavy atom. The van der Waals surface area contributed by atoms with Gasteiger partial charge in [-0.25, -0.2) is 4.79 Å². The van der Waals surface area contributed by atoms with Crippen LogP contribution in [-0.2, 0) is 27.4 Å². The van der Waals surface area contributed by atoms with Gasteiger partial charge in [0.15, 0.2) is 5.78 Å². The van der Waals surface area contributed by atoms with Crippen molar-refractivity contribution in [3.8, 4) is 0 Å². The van der Waals surface area contributed by atoms with Gasteiger partial charge in [-0.2, -0.15) is 0 Å². The molecule has 5 rings (SSSR count). The molecule has 41 heavy (non-hydrogen) atoms. The van der Waals surface area contributed by atoms with Gasteiger partial charge in [-0.1, -0.05) is 91.0 Å². The molecule has 0 aromatic heterocycles. The zero-order chi connectivity index (χ0) is 28.8. The summed E-state index contributed by atoms with van der Waals surface area (Å²) in [4.78, 5) is 30.9. The van der Waals surface area contributed by atoms with Crippen LogP contribution < -0.4 is 0 Å². The van der Waals surface area contributed by atoms with Gasteiger partial charge < -0.3 is 9.57 Å². The third-order valence-corrected chi connectivity index (χ3v) is 7.77. The van der Waals surface area contributed by atoms with Gasteiger partial charge in [0.2, 0.25) is 0 Å². The maximum atomic E-state index is 12.6. The zero-order valence-corrected chi connectivity index (χ0v) is 24.2. The Balaban J connectivity index is 1.27. The number of carbonyl (C=O) groups excluding carboxylic acids is 2. The number of Topliss-reactive ketones (excluding diaryl/α,β-unsaturated/α-hetero) is 1. The summed E-state index contributed by atoms with van der Waals surface area (Å²) in [5, 5.41) is 4.16. The Morgan fingerprint density at radius 2 is 1.51 bits per heavy atom. The van der Waals surface area contributed by atoms with Crippen molar-refractivity contribution in [1.29, 1.82) is 0 Å². The highest BCUT2D eigenvalue weighted by molar-refractivity contribution is 5.96. The fourth-order valence-corrected chi connectivity index (χ4v) is 5.27. The van der Waals surface area contributed by atoms with E-state index < -0.39 is 5.41 Å². The van der Waals surface area contributed by atoms with Crippen LogP contribution in [-0.4, -0.2) is 36.0 Å². The highest BCUT2D eigenvalue weighted by Crippen LogP contribution is 2.32. The molecule has 0 amide bonds. The molecule has 0 saturated carbocycles. The summed E-state index contributed by atoms with van der Waals surface area (Å²) < 4.78 is 6.56. The minimum Gasteiger partial charge on any atom is -0.371 e. The van der Waals surface area contributed by atoms with Gasteiger partial charge in [0.05, 0.1) is 24.7 Å². The molecule has 1 saturated heterocycles. The third kappa shape index (κ3) is 7.49. The fraction of sp³-hybridized carbons (Fsp3) is 0.333. The molecule has 5 heteroatoms. The molecular formula is C36H39NO4. The molecule has 1 heterocycles. The van der Waals surface area contributed by atoms with Gasteiger partial charge >= 0.3 is 5.97 Å². The fourth-order valence-electron chi connectivity index (χ4n) is 5.27. The van der Waals surface area contributed by atoms with E-state index in [9.17, 15) is 9.59 Å². The number of benzene rings is 4. The molecule has 1 aliphatic rings. The van der Waals surface area contributed by atoms with Crippen LogP contribution in [0.4, 0.5) is 0 Å². The summed E-state index contributed by atoms with van der Waals surface area (Å²) in [5.41, 5.74) is 3.64. The van der Waals surface area contributed by atoms with Gasteiger partial charge in [-0.15, -0.1) is 5.06 Å². The molecule has 0 radical (unpaired) electrons. The largest absolute Gasteiger partial charge is 0.371 e. The van der Waals surface area contributed by atoms with E-state index in [0.29, 0.717) is 32.5 Å². The number of hydrogen-bond acceptors (Lipinski definition) is 5. The first-order valence-corrected chi connectivity index (χ1v) is 14.5. The van der Waals surface area contributed by atoms with E-state index in [4.69, 9.17) is 9.57 Å². The molecule has 0 bridgehead atoms. The van der Waals surface area contributed by atoms with Crippen molar-refractivity contribution in [3.05, 3.63) is 119 Å². The number of hydroxylamine groups is 2. The monoisotopic (exact) mass is 549 g/mol. The molecule has 5 nitrogen and oxygen atoms in total. The van der Waals surface area contributed by atoms with Gasteiger partial charge in [-0.3, -0.25) is 4.79 Å². The van der Waals surface area contributed by atoms with Crippen LogP contribution >= 0.6 is 0 Å². The first kappa shape index (κ1) is 28.7. The topological polar surface area (TPSA) is 55.8 Å². The Kier molecular flexibility index (Phi) is 8.96. The van der Waals surface area contributed by atoms with Crippen LogP contribution in [0.15, 0.2) is 97.1 Å². The summed E-state index contributed by atoms with van der Waals surface area (Å²) in [6.45, 7) is 7.23. The summed E-state index contributed by atoms with van der Waals surface area (Å²) in [5.74, 6) is 0.0904. The van der Waals surface area contributed by atoms with E-state index >= 15 is 0 Å². The Hall–Kier alpha value is -3.80. The third-order valence-electron chi connectivity index (χ3n) is 7.77. The maximum Gasteiger partial charge on any atom is 0.330 e. The standard InChI is InChI=1S/C36H39NO4/c1-36(2,3)35(39)41-37-22-21-32(34(24-37)40-25-27-15-17-28-9-7-8-12-31(28)23-27)29-18-13-26(14-19-29)16-20-33(38)30-10-5-4-6-11-30/h4-15,17-19,23,32,34H,16,20-22,24-25H2,1-3H3. The molecule has 0 spiro atoms. The first-order valence-electron chi connectivity index (χ1n) is 14.5. The molecule has 1 aliphatic heterocycles. The number of ketones is 1. The summed E-state index contributed by atoms with van der Waals surface area (Å²) in [6.07, 6.45) is 1.86. The highest BCUT2D eigenvalue weighted by atomic mass is 16.7. The second-order valence-corrected chi connectivity index (χ2v) is 12.0. The van der Waals surface area contributed by atoms with Gasteiger partial charge in [-0.05, 0) is 67.1 Å². The predicted octanol–water partition coefficient (Wildman–Crippen LogP) is 7.53. The SMILES string of the molecule is CC(C)(C)C(=O)ON1CCC(c2ccc(CCC(=O)c3ccccc3)cc2)C(OCc2ccc3ccccc3c2)C1. The van der Waals surface area contributed by atoms with E-state index in [0.717, 1.165) is 23.1 Å². The Morgan fingerprint density at radius 1 is 0.829 bits per heavy atom. The normalized spacial score (nSPS) is 17.8. The predicted molar refractivity (Wildman–Crippen MR) is 163 cm³/mol. The number of aryl methyl sites for hydroxylation is 1. The van der Waals surface area contributed by atoms with E-state index in [2.05, 4.69) is 54.6 Å². The molecule has 212 valence electrons. The van der Waals surface area contributed by atoms with Crippen molar-refractivity contribution in [2.24, 2.45) is 5.41 Å². The lowest BCUT2D eigenvalue weighted by Gasteiger charge is -2.38. The van der Waals surface area contributed by atoms with E-state index in [1.54, 1.807) is 5.06 Å². The minimum absolute atomic E-state index is 0.145. The lowest BCUT2D eigenvalue weighted by Crippen LogP contribution is -2.46. The van der Waals surface area contributed by atoms with Crippen LogP contribution in [0.5, 0.6) is 0 Å². The lowest BCUT2D eigenvalue weighted by atomic mass is 9.86. The van der Waals surface area contributed by atoms with Crippen LogP contribution in [0.3, 0.4) is 0 Å².